The molecule has 1 aliphatic heterocycles. The van der Waals surface area contributed by atoms with Crippen LogP contribution < -0.4 is 9.47 Å². The van der Waals surface area contributed by atoms with Crippen LogP contribution in [0, 0.1) is 43.9 Å². The van der Waals surface area contributed by atoms with E-state index in [0.717, 1.165) is 65.0 Å². The van der Waals surface area contributed by atoms with Crippen LogP contribution in [0.1, 0.15) is 155 Å². The van der Waals surface area contributed by atoms with E-state index < -0.39 is 5.41 Å². The van der Waals surface area contributed by atoms with Crippen LogP contribution in [-0.2, 0) is 16.0 Å². The second-order valence-electron chi connectivity index (χ2n) is 15.1. The molecule has 4 heteroatoms. The second-order valence-corrected chi connectivity index (χ2v) is 15.1. The van der Waals surface area contributed by atoms with Crippen molar-refractivity contribution < 1.29 is 19.1 Å². The van der Waals surface area contributed by atoms with Gasteiger partial charge in [-0.15, -0.1) is 0 Å². The van der Waals surface area contributed by atoms with Crippen LogP contribution in [0.5, 0.6) is 11.5 Å². The molecule has 1 aromatic carbocycles. The van der Waals surface area contributed by atoms with Gasteiger partial charge in [-0.1, -0.05) is 93.4 Å². The molecule has 234 valence electrons. The Bertz CT molecular complexity index is 1020. The highest BCUT2D eigenvalue weighted by Gasteiger charge is 2.35. The number of hydrogen-bond donors (Lipinski definition) is 0. The Morgan fingerprint density at radius 3 is 1.95 bits per heavy atom. The van der Waals surface area contributed by atoms with Crippen LogP contribution in [0.15, 0.2) is 0 Å². The molecule has 2 rings (SSSR count). The first-order valence-corrected chi connectivity index (χ1v) is 16.6. The van der Waals surface area contributed by atoms with Crippen molar-refractivity contribution in [3.8, 4) is 11.5 Å². The van der Waals surface area contributed by atoms with Gasteiger partial charge < -0.3 is 9.47 Å². The number of carbonyl (C=O) groups excluding carboxylic acids is 2. The number of ketones is 1. The van der Waals surface area contributed by atoms with Gasteiger partial charge in [0.25, 0.3) is 0 Å². The molecular formula is C37H62O4. The topological polar surface area (TPSA) is 52.6 Å². The average Bonchev–Trinajstić information content (AvgIpc) is 2.87. The van der Waals surface area contributed by atoms with Gasteiger partial charge in [0.1, 0.15) is 22.9 Å². The first-order chi connectivity index (χ1) is 19.0. The van der Waals surface area contributed by atoms with Crippen LogP contribution in [-0.4, -0.2) is 17.4 Å². The zero-order valence-corrected chi connectivity index (χ0v) is 28.6. The monoisotopic (exact) mass is 570 g/mol. The van der Waals surface area contributed by atoms with E-state index in [9.17, 15) is 9.59 Å². The molecule has 0 spiro atoms. The lowest BCUT2D eigenvalue weighted by atomic mass is 9.83. The summed E-state index contributed by atoms with van der Waals surface area (Å²) in [5, 5.41) is 0. The number of rotatable bonds is 16. The fraction of sp³-hybridized carbons (Fsp3) is 0.784. The van der Waals surface area contributed by atoms with E-state index in [0.29, 0.717) is 5.75 Å². The number of esters is 1. The second kappa shape index (κ2) is 15.6. The fourth-order valence-corrected chi connectivity index (χ4v) is 6.17. The third kappa shape index (κ3) is 11.1. The molecule has 0 aliphatic carbocycles. The third-order valence-electron chi connectivity index (χ3n) is 9.45. The number of benzene rings is 1. The summed E-state index contributed by atoms with van der Waals surface area (Å²) < 4.78 is 12.6. The minimum absolute atomic E-state index is 0.0775. The smallest absolute Gasteiger partial charge is 0.311 e. The zero-order chi connectivity index (χ0) is 31.0. The average molecular weight is 571 g/mol. The Balaban J connectivity index is 1.89. The van der Waals surface area contributed by atoms with Crippen molar-refractivity contribution in [3.05, 3.63) is 22.3 Å². The first kappa shape index (κ1) is 35.4. The summed E-state index contributed by atoms with van der Waals surface area (Å²) in [5.41, 5.74) is 3.56. The molecular weight excluding hydrogens is 508 g/mol. The number of carbonyl (C=O) groups is 2. The Kier molecular flexibility index (Phi) is 13.4. The maximum atomic E-state index is 12.7. The van der Waals surface area contributed by atoms with E-state index in [4.69, 9.17) is 9.47 Å². The summed E-state index contributed by atoms with van der Waals surface area (Å²) in [5.74, 6) is 3.80. The third-order valence-corrected chi connectivity index (χ3v) is 9.45. The zero-order valence-electron chi connectivity index (χ0n) is 28.6. The van der Waals surface area contributed by atoms with Crippen molar-refractivity contribution >= 4 is 11.8 Å². The quantitative estimate of drug-likeness (QED) is 0.146. The molecule has 0 aromatic heterocycles. The first-order valence-electron chi connectivity index (χ1n) is 16.6. The molecule has 4 nitrogen and oxygen atoms in total. The predicted octanol–water partition coefficient (Wildman–Crippen LogP) is 10.4. The van der Waals surface area contributed by atoms with Gasteiger partial charge in [-0.3, -0.25) is 9.59 Å². The van der Waals surface area contributed by atoms with Gasteiger partial charge in [0, 0.05) is 17.4 Å². The van der Waals surface area contributed by atoms with Crippen LogP contribution in [0.3, 0.4) is 0 Å². The molecule has 1 heterocycles. The van der Waals surface area contributed by atoms with E-state index in [1.165, 1.54) is 51.4 Å². The highest BCUT2D eigenvalue weighted by molar-refractivity contribution is 5.87. The van der Waals surface area contributed by atoms with Gasteiger partial charge in [0.05, 0.1) is 6.42 Å². The summed E-state index contributed by atoms with van der Waals surface area (Å²) in [7, 11) is 0. The molecule has 0 bridgehead atoms. The Hall–Kier alpha value is -1.84. The summed E-state index contributed by atoms with van der Waals surface area (Å²) in [6, 6.07) is 0. The highest BCUT2D eigenvalue weighted by atomic mass is 16.5. The molecule has 0 saturated carbocycles. The lowest BCUT2D eigenvalue weighted by Gasteiger charge is -2.38. The molecule has 3 atom stereocenters. The van der Waals surface area contributed by atoms with E-state index in [2.05, 4.69) is 41.5 Å². The van der Waals surface area contributed by atoms with E-state index >= 15 is 0 Å². The summed E-state index contributed by atoms with van der Waals surface area (Å²) in [6.07, 6.45) is 13.9. The largest absolute Gasteiger partial charge is 0.487 e. The van der Waals surface area contributed by atoms with Crippen LogP contribution in [0.2, 0.25) is 0 Å². The van der Waals surface area contributed by atoms with Crippen molar-refractivity contribution in [1.82, 2.24) is 0 Å². The Morgan fingerprint density at radius 1 is 0.829 bits per heavy atom. The summed E-state index contributed by atoms with van der Waals surface area (Å²) in [4.78, 5) is 24.9. The molecule has 41 heavy (non-hydrogen) atoms. The standard InChI is InChI=1S/C37H62O4/c1-25(2)15-12-16-26(3)17-13-18-27(4)19-14-23-37(11)24-22-31-30(7)34(28(5)29(6)35(31)41-37)40-33(39)21-20-32(38)36(8,9)10/h25-27H,12-24H2,1-11H3. The number of ether oxygens (including phenoxy) is 2. The van der Waals surface area contributed by atoms with E-state index in [1.54, 1.807) is 0 Å². The van der Waals surface area contributed by atoms with Gasteiger partial charge in [-0.05, 0) is 87.8 Å². The number of hydrogen-bond acceptors (Lipinski definition) is 4. The van der Waals surface area contributed by atoms with Crippen LogP contribution in [0.25, 0.3) is 0 Å². The number of Topliss-reactive ketones (excluding diaryl/α,β-unsaturated/α-hetero) is 1. The minimum Gasteiger partial charge on any atom is -0.487 e. The molecule has 0 amide bonds. The fourth-order valence-electron chi connectivity index (χ4n) is 6.17. The van der Waals surface area contributed by atoms with Gasteiger partial charge in [-0.25, -0.2) is 0 Å². The molecule has 1 aliphatic rings. The maximum absolute atomic E-state index is 12.7. The van der Waals surface area contributed by atoms with Gasteiger partial charge in [0.2, 0.25) is 0 Å². The highest BCUT2D eigenvalue weighted by Crippen LogP contribution is 2.45. The molecule has 3 unspecified atom stereocenters. The lowest BCUT2D eigenvalue weighted by molar-refractivity contribution is -0.137. The van der Waals surface area contributed by atoms with Crippen LogP contribution >= 0.6 is 0 Å². The predicted molar refractivity (Wildman–Crippen MR) is 172 cm³/mol. The molecule has 1 aromatic rings. The SMILES string of the molecule is Cc1c(C)c2c(c(C)c1OC(=O)CCC(=O)C(C)(C)C)CCC(C)(CCCC(C)CCCC(C)CCCC(C)C)O2. The van der Waals surface area contributed by atoms with E-state index in [1.807, 2.05) is 34.6 Å². The number of fused-ring (bicyclic) bond motifs is 1. The molecule has 0 saturated heterocycles. The summed E-state index contributed by atoms with van der Waals surface area (Å²) >= 11 is 0. The van der Waals surface area contributed by atoms with Crippen LogP contribution in [0.4, 0.5) is 0 Å². The van der Waals surface area contributed by atoms with Gasteiger partial charge in [0.15, 0.2) is 0 Å². The Morgan fingerprint density at radius 2 is 1.39 bits per heavy atom. The lowest BCUT2D eigenvalue weighted by Crippen LogP contribution is -2.37. The minimum atomic E-state index is -0.443. The van der Waals surface area contributed by atoms with Gasteiger partial charge >= 0.3 is 5.97 Å². The van der Waals surface area contributed by atoms with Gasteiger partial charge in [-0.2, -0.15) is 0 Å². The van der Waals surface area contributed by atoms with Crippen molar-refractivity contribution in [3.63, 3.8) is 0 Å². The van der Waals surface area contributed by atoms with Crippen molar-refractivity contribution in [1.29, 1.82) is 0 Å². The maximum Gasteiger partial charge on any atom is 0.311 e. The normalized spacial score (nSPS) is 18.5. The molecule has 0 N–H and O–H groups in total. The summed E-state index contributed by atoms with van der Waals surface area (Å²) in [6.45, 7) is 23.5. The molecule has 0 radical (unpaired) electrons. The van der Waals surface area contributed by atoms with E-state index in [-0.39, 0.29) is 30.2 Å². The van der Waals surface area contributed by atoms with Crippen molar-refractivity contribution in [2.75, 3.05) is 0 Å². The van der Waals surface area contributed by atoms with Crippen molar-refractivity contribution in [2.45, 2.75) is 165 Å². The Labute approximate surface area is 252 Å². The van der Waals surface area contributed by atoms with Crippen molar-refractivity contribution in [2.24, 2.45) is 23.2 Å². The molecule has 0 fully saturated rings.